The van der Waals surface area contributed by atoms with Crippen molar-refractivity contribution in [1.82, 2.24) is 19.1 Å². The van der Waals surface area contributed by atoms with Crippen LogP contribution in [-0.2, 0) is 27.2 Å². The average Bonchev–Trinajstić information content (AvgIpc) is 4.07. The Morgan fingerprint density at radius 3 is 1.69 bits per heavy atom. The van der Waals surface area contributed by atoms with Crippen molar-refractivity contribution in [2.24, 2.45) is 0 Å². The van der Waals surface area contributed by atoms with Crippen LogP contribution in [0.2, 0.25) is 0 Å². The fourth-order valence-electron chi connectivity index (χ4n) is 8.27. The second-order valence-corrected chi connectivity index (χ2v) is 16.1. The van der Waals surface area contributed by atoms with Crippen LogP contribution >= 0.6 is 0 Å². The Hall–Kier alpha value is -7.27. The zero-order valence-corrected chi connectivity index (χ0v) is 36.6. The summed E-state index contributed by atoms with van der Waals surface area (Å²) in [4.78, 5) is 31.6. The third-order valence-electron chi connectivity index (χ3n) is 11.5. The van der Waals surface area contributed by atoms with Crippen LogP contribution in [0.15, 0.2) is 140 Å². The number of hydrogen-bond acceptors (Lipinski definition) is 7. The molecule has 0 bridgehead atoms. The fraction of sp³-hybridized carbons (Fsp3) is 0.259. The number of halogens is 1. The molecule has 0 radical (unpaired) electrons. The van der Waals surface area contributed by atoms with Gasteiger partial charge in [0.15, 0.2) is 0 Å². The molecular formula is C54H53FN4O6. The minimum Gasteiger partial charge on any atom is -0.494 e. The molecule has 0 fully saturated rings. The number of nitrogens with zero attached hydrogens (tertiary/aromatic N) is 4. The largest absolute Gasteiger partial charge is 0.494 e. The van der Waals surface area contributed by atoms with Crippen LogP contribution in [0, 0.1) is 5.82 Å². The van der Waals surface area contributed by atoms with Crippen molar-refractivity contribution in [2.45, 2.75) is 70.6 Å². The number of imidazole rings is 2. The maximum atomic E-state index is 14.0. The number of carbonyl (C=O) groups excluding carboxylic acids is 1. The van der Waals surface area contributed by atoms with Crippen LogP contribution < -0.4 is 9.47 Å². The highest BCUT2D eigenvalue weighted by Crippen LogP contribution is 2.34. The number of aliphatic carboxylic acids is 1. The lowest BCUT2D eigenvalue weighted by Crippen LogP contribution is -2.01. The lowest BCUT2D eigenvalue weighted by molar-refractivity contribution is -0.141. The fourth-order valence-corrected chi connectivity index (χ4v) is 8.27. The van der Waals surface area contributed by atoms with E-state index in [9.17, 15) is 14.0 Å². The Morgan fingerprint density at radius 1 is 0.585 bits per heavy atom. The predicted molar refractivity (Wildman–Crippen MR) is 253 cm³/mol. The average molecular weight is 873 g/mol. The lowest BCUT2D eigenvalue weighted by atomic mass is 10.1. The second-order valence-electron chi connectivity index (χ2n) is 16.1. The van der Waals surface area contributed by atoms with Crippen molar-refractivity contribution in [3.8, 4) is 45.6 Å². The molecule has 0 spiro atoms. The molecule has 0 saturated heterocycles. The van der Waals surface area contributed by atoms with E-state index in [2.05, 4.69) is 45.7 Å². The minimum atomic E-state index is -0.740. The van der Waals surface area contributed by atoms with Gasteiger partial charge in [0.25, 0.3) is 0 Å². The monoisotopic (exact) mass is 872 g/mol. The van der Waals surface area contributed by atoms with E-state index in [1.807, 2.05) is 89.5 Å². The van der Waals surface area contributed by atoms with Crippen LogP contribution in [-0.4, -0.2) is 56.5 Å². The van der Waals surface area contributed by atoms with Gasteiger partial charge in [-0.15, -0.1) is 0 Å². The first kappa shape index (κ1) is 44.3. The zero-order chi connectivity index (χ0) is 45.0. The van der Waals surface area contributed by atoms with Crippen molar-refractivity contribution in [3.05, 3.63) is 156 Å². The quantitative estimate of drug-likeness (QED) is 0.0669. The van der Waals surface area contributed by atoms with E-state index in [0.717, 1.165) is 107 Å². The maximum Gasteiger partial charge on any atom is 0.305 e. The Morgan fingerprint density at radius 2 is 1.14 bits per heavy atom. The smallest absolute Gasteiger partial charge is 0.305 e. The van der Waals surface area contributed by atoms with Gasteiger partial charge < -0.3 is 19.3 Å². The van der Waals surface area contributed by atoms with E-state index in [0.29, 0.717) is 31.7 Å². The third kappa shape index (κ3) is 11.1. The Kier molecular flexibility index (Phi) is 14.6. The number of benzene rings is 6. The van der Waals surface area contributed by atoms with Gasteiger partial charge >= 0.3 is 11.9 Å². The Bertz CT molecular complexity index is 2870. The number of unbranched alkanes of at least 4 members (excludes halogenated alkanes) is 4. The predicted octanol–water partition coefficient (Wildman–Crippen LogP) is 12.1. The highest BCUT2D eigenvalue weighted by Gasteiger charge is 2.19. The number of ether oxygens (including phenoxy) is 3. The first-order chi connectivity index (χ1) is 31.8. The standard InChI is InChI=1S/C28H28N2O3.C26H25FN2O3/c31-27(32)12-5-2-6-17-33-24-15-16-25-26(19-24)30(28(29-25)21-8-3-1-4-9-21)23-14-13-20-10-7-11-22(20)18-23;1-31-25(30)13-6-3-7-16-32-22-14-15-23-24(18-22)29(21-12-8-11-20(27)17-21)26(28-23)19-9-4-2-5-10-19/h1,3-4,8-9,13-16,18-19H,2,5-7,10-12,17H2,(H,31,32);2,4-5,8-12,14-15,17-18H,3,6-7,13,16H2,1H3. The van der Waals surface area contributed by atoms with E-state index >= 15 is 0 Å². The lowest BCUT2D eigenvalue weighted by Gasteiger charge is -2.12. The number of aryl methyl sites for hydroxylation is 2. The van der Waals surface area contributed by atoms with Gasteiger partial charge in [-0.25, -0.2) is 14.4 Å². The van der Waals surface area contributed by atoms with Gasteiger partial charge in [-0.2, -0.15) is 0 Å². The number of rotatable bonds is 18. The number of methoxy groups -OCH3 is 1. The summed E-state index contributed by atoms with van der Waals surface area (Å²) >= 11 is 0. The van der Waals surface area contributed by atoms with Crippen molar-refractivity contribution in [1.29, 1.82) is 0 Å². The summed E-state index contributed by atoms with van der Waals surface area (Å²) in [5.74, 6) is 1.97. The molecular weight excluding hydrogens is 820 g/mol. The summed E-state index contributed by atoms with van der Waals surface area (Å²) in [6, 6.07) is 45.2. The van der Waals surface area contributed by atoms with Crippen molar-refractivity contribution >= 4 is 34.0 Å². The molecule has 8 aromatic rings. The van der Waals surface area contributed by atoms with Crippen LogP contribution in [0.25, 0.3) is 56.2 Å². The molecule has 1 N–H and O–H groups in total. The maximum absolute atomic E-state index is 14.0. The van der Waals surface area contributed by atoms with Gasteiger partial charge in [0, 0.05) is 41.8 Å². The SMILES string of the molecule is COC(=O)CCCCCOc1ccc2nc(-c3ccccc3)n(-c3cccc(F)c3)c2c1.O=C(O)CCCCCOc1ccc2nc(-c3ccccc3)n(-c3ccc4c(c3)CCC4)c2c1. The molecule has 0 atom stereocenters. The first-order valence-electron chi connectivity index (χ1n) is 22.4. The third-order valence-corrected chi connectivity index (χ3v) is 11.5. The van der Waals surface area contributed by atoms with Gasteiger partial charge in [-0.1, -0.05) is 72.8 Å². The molecule has 65 heavy (non-hydrogen) atoms. The molecule has 2 heterocycles. The number of esters is 1. The molecule has 0 aliphatic heterocycles. The van der Waals surface area contributed by atoms with E-state index in [4.69, 9.17) is 24.5 Å². The first-order valence-corrected chi connectivity index (χ1v) is 22.4. The summed E-state index contributed by atoms with van der Waals surface area (Å²) in [6.45, 7) is 1.12. The molecule has 0 saturated carbocycles. The van der Waals surface area contributed by atoms with E-state index in [1.54, 1.807) is 6.07 Å². The number of fused-ring (bicyclic) bond motifs is 3. The van der Waals surface area contributed by atoms with Gasteiger partial charge in [0.2, 0.25) is 0 Å². The molecule has 1 aliphatic carbocycles. The van der Waals surface area contributed by atoms with Crippen LogP contribution in [0.4, 0.5) is 4.39 Å². The minimum absolute atomic E-state index is 0.184. The number of aromatic nitrogens is 4. The van der Waals surface area contributed by atoms with Gasteiger partial charge in [-0.3, -0.25) is 18.7 Å². The van der Waals surface area contributed by atoms with Gasteiger partial charge in [0.1, 0.15) is 29.0 Å². The number of carbonyl (C=O) groups is 2. The van der Waals surface area contributed by atoms with Crippen LogP contribution in [0.5, 0.6) is 11.5 Å². The normalized spacial score (nSPS) is 11.8. The summed E-state index contributed by atoms with van der Waals surface area (Å²) in [7, 11) is 1.40. The van der Waals surface area contributed by atoms with Crippen molar-refractivity contribution in [2.75, 3.05) is 20.3 Å². The highest BCUT2D eigenvalue weighted by atomic mass is 19.1. The van der Waals surface area contributed by atoms with Crippen molar-refractivity contribution in [3.63, 3.8) is 0 Å². The Balaban J connectivity index is 0.000000177. The molecule has 2 aromatic heterocycles. The zero-order valence-electron chi connectivity index (χ0n) is 36.6. The molecule has 1 aliphatic rings. The van der Waals surface area contributed by atoms with E-state index < -0.39 is 5.97 Å². The van der Waals surface area contributed by atoms with Crippen LogP contribution in [0.1, 0.15) is 68.9 Å². The topological polar surface area (TPSA) is 118 Å². The molecule has 0 unspecified atom stereocenters. The second kappa shape index (κ2) is 21.4. The highest BCUT2D eigenvalue weighted by molar-refractivity contribution is 5.86. The van der Waals surface area contributed by atoms with Gasteiger partial charge in [-0.05, 0) is 124 Å². The van der Waals surface area contributed by atoms with Crippen LogP contribution in [0.3, 0.4) is 0 Å². The summed E-state index contributed by atoms with van der Waals surface area (Å²) in [6.07, 6.45) is 9.04. The number of carboxylic acid groups (broad SMARTS) is 1. The summed E-state index contributed by atoms with van der Waals surface area (Å²) in [5, 5.41) is 8.76. The molecule has 10 nitrogen and oxygen atoms in total. The van der Waals surface area contributed by atoms with Crippen molar-refractivity contribution < 1.29 is 33.3 Å². The number of carboxylic acids is 1. The van der Waals surface area contributed by atoms with Gasteiger partial charge in [0.05, 0.1) is 48.1 Å². The molecule has 11 heteroatoms. The van der Waals surface area contributed by atoms with E-state index in [-0.39, 0.29) is 18.2 Å². The summed E-state index contributed by atoms with van der Waals surface area (Å²) < 4.78 is 34.8. The Labute approximate surface area is 378 Å². The van der Waals surface area contributed by atoms with E-state index in [1.165, 1.54) is 36.8 Å². The molecule has 0 amide bonds. The summed E-state index contributed by atoms with van der Waals surface area (Å²) in [5.41, 5.74) is 10.3. The number of hydrogen-bond donors (Lipinski definition) is 1. The molecule has 332 valence electrons. The molecule has 6 aromatic carbocycles. The molecule has 9 rings (SSSR count).